The lowest BCUT2D eigenvalue weighted by atomic mass is 10.3. The summed E-state index contributed by atoms with van der Waals surface area (Å²) in [5, 5.41) is 15.3. The standard InChI is InChI=1S/C16H19ClN4O4S2/c1-4-20(5-2)27(24,25)15-10-12(21(22)23)6-7-13(15)19-18-11(3)14-8-9-16(17)26-14/h6-10,19H,4-5H2,1-3H3/b18-11+. The number of rotatable bonds is 8. The minimum atomic E-state index is -3.92. The zero-order chi connectivity index (χ0) is 20.2. The number of nitrogens with one attached hydrogen (secondary N) is 1. The number of benzene rings is 1. The van der Waals surface area contributed by atoms with Crippen molar-refractivity contribution in [3.8, 4) is 0 Å². The first-order chi connectivity index (χ1) is 12.7. The van der Waals surface area contributed by atoms with Crippen molar-refractivity contribution in [1.29, 1.82) is 0 Å². The SMILES string of the molecule is CCN(CC)S(=O)(=O)c1cc([N+](=O)[O-])ccc1N/N=C(\C)c1ccc(Cl)s1. The second-order valence-corrected chi connectivity index (χ2v) is 9.06. The van der Waals surface area contributed by atoms with Crippen molar-refractivity contribution in [1.82, 2.24) is 4.31 Å². The lowest BCUT2D eigenvalue weighted by Gasteiger charge is -2.20. The number of nitrogens with zero attached hydrogens (tertiary/aromatic N) is 3. The Morgan fingerprint density at radius 3 is 2.48 bits per heavy atom. The molecule has 0 amide bonds. The van der Waals surface area contributed by atoms with E-state index in [0.717, 1.165) is 10.9 Å². The third-order valence-electron chi connectivity index (χ3n) is 3.77. The van der Waals surface area contributed by atoms with E-state index in [1.807, 2.05) is 0 Å². The summed E-state index contributed by atoms with van der Waals surface area (Å²) in [6, 6.07) is 7.16. The number of anilines is 1. The summed E-state index contributed by atoms with van der Waals surface area (Å²) in [7, 11) is -3.92. The van der Waals surface area contributed by atoms with Crippen molar-refractivity contribution in [3.05, 3.63) is 49.7 Å². The summed E-state index contributed by atoms with van der Waals surface area (Å²) in [4.78, 5) is 11.1. The minimum absolute atomic E-state index is 0.162. The monoisotopic (exact) mass is 430 g/mol. The Balaban J connectivity index is 2.48. The van der Waals surface area contributed by atoms with Crippen molar-refractivity contribution in [3.63, 3.8) is 0 Å². The van der Waals surface area contributed by atoms with Gasteiger partial charge >= 0.3 is 0 Å². The van der Waals surface area contributed by atoms with Crippen LogP contribution in [0.3, 0.4) is 0 Å². The van der Waals surface area contributed by atoms with Gasteiger partial charge in [-0.3, -0.25) is 15.5 Å². The maximum atomic E-state index is 12.9. The predicted molar refractivity (Wildman–Crippen MR) is 108 cm³/mol. The van der Waals surface area contributed by atoms with E-state index in [-0.39, 0.29) is 29.4 Å². The van der Waals surface area contributed by atoms with Crippen LogP contribution in [-0.2, 0) is 10.0 Å². The molecule has 8 nitrogen and oxygen atoms in total. The molecule has 0 radical (unpaired) electrons. The van der Waals surface area contributed by atoms with Crippen molar-refractivity contribution in [2.45, 2.75) is 25.7 Å². The van der Waals surface area contributed by atoms with E-state index in [2.05, 4.69) is 10.5 Å². The summed E-state index contributed by atoms with van der Waals surface area (Å²) < 4.78 is 27.7. The topological polar surface area (TPSA) is 105 Å². The van der Waals surface area contributed by atoms with Gasteiger partial charge in [0.1, 0.15) is 4.90 Å². The summed E-state index contributed by atoms with van der Waals surface area (Å²) in [5.74, 6) is 0. The van der Waals surface area contributed by atoms with E-state index < -0.39 is 14.9 Å². The largest absolute Gasteiger partial charge is 0.277 e. The van der Waals surface area contributed by atoms with Gasteiger partial charge in [0.2, 0.25) is 10.0 Å². The molecule has 1 aromatic carbocycles. The fourth-order valence-corrected chi connectivity index (χ4v) is 4.95. The Labute approximate surface area is 166 Å². The van der Waals surface area contributed by atoms with Crippen LogP contribution in [0.15, 0.2) is 40.3 Å². The lowest BCUT2D eigenvalue weighted by molar-refractivity contribution is -0.385. The van der Waals surface area contributed by atoms with Gasteiger partial charge in [0.15, 0.2) is 0 Å². The summed E-state index contributed by atoms with van der Waals surface area (Å²) in [6.07, 6.45) is 0. The molecule has 0 aliphatic heterocycles. The van der Waals surface area contributed by atoms with Crippen LogP contribution in [0.25, 0.3) is 0 Å². The summed E-state index contributed by atoms with van der Waals surface area (Å²) in [5.41, 5.74) is 3.18. The quantitative estimate of drug-likeness (QED) is 0.384. The number of thiophene rings is 1. The van der Waals surface area contributed by atoms with E-state index in [9.17, 15) is 18.5 Å². The highest BCUT2D eigenvalue weighted by molar-refractivity contribution is 7.89. The van der Waals surface area contributed by atoms with Gasteiger partial charge in [0, 0.05) is 25.2 Å². The molecule has 0 aliphatic carbocycles. The molecule has 27 heavy (non-hydrogen) atoms. The van der Waals surface area contributed by atoms with Gasteiger partial charge in [0.25, 0.3) is 5.69 Å². The third kappa shape index (κ3) is 4.83. The number of hydrogen-bond donors (Lipinski definition) is 1. The van der Waals surface area contributed by atoms with Crippen LogP contribution in [0, 0.1) is 10.1 Å². The van der Waals surface area contributed by atoms with Gasteiger partial charge in [-0.2, -0.15) is 9.41 Å². The molecule has 1 heterocycles. The van der Waals surface area contributed by atoms with Crippen molar-refractivity contribution < 1.29 is 13.3 Å². The second-order valence-electron chi connectivity index (χ2n) is 5.44. The van der Waals surface area contributed by atoms with Crippen LogP contribution in [0.2, 0.25) is 4.34 Å². The molecule has 0 spiro atoms. The normalized spacial score (nSPS) is 12.4. The van der Waals surface area contributed by atoms with Gasteiger partial charge in [-0.1, -0.05) is 25.4 Å². The van der Waals surface area contributed by atoms with E-state index in [1.54, 1.807) is 32.9 Å². The van der Waals surface area contributed by atoms with Gasteiger partial charge in [-0.15, -0.1) is 11.3 Å². The Kier molecular flexibility index (Phi) is 6.93. The van der Waals surface area contributed by atoms with Crippen molar-refractivity contribution >= 4 is 50.0 Å². The first-order valence-corrected chi connectivity index (χ1v) is 10.7. The molecule has 0 atom stereocenters. The molecule has 2 rings (SSSR count). The maximum Gasteiger partial charge on any atom is 0.270 e. The summed E-state index contributed by atoms with van der Waals surface area (Å²) >= 11 is 7.25. The molecular formula is C16H19ClN4O4S2. The van der Waals surface area contributed by atoms with E-state index in [1.165, 1.54) is 27.8 Å². The van der Waals surface area contributed by atoms with Crippen LogP contribution in [0.1, 0.15) is 25.6 Å². The van der Waals surface area contributed by atoms with Gasteiger partial charge in [0.05, 0.1) is 25.5 Å². The zero-order valence-corrected chi connectivity index (χ0v) is 17.4. The predicted octanol–water partition coefficient (Wildman–Crippen LogP) is 4.18. The average Bonchev–Trinajstić information content (AvgIpc) is 3.06. The van der Waals surface area contributed by atoms with Gasteiger partial charge < -0.3 is 0 Å². The molecule has 146 valence electrons. The average molecular weight is 431 g/mol. The number of halogens is 1. The van der Waals surface area contributed by atoms with Gasteiger partial charge in [-0.05, 0) is 25.1 Å². The second kappa shape index (κ2) is 8.79. The van der Waals surface area contributed by atoms with Crippen LogP contribution in [-0.4, -0.2) is 36.4 Å². The van der Waals surface area contributed by atoms with Crippen molar-refractivity contribution in [2.24, 2.45) is 5.10 Å². The Morgan fingerprint density at radius 1 is 1.30 bits per heavy atom. The Morgan fingerprint density at radius 2 is 1.96 bits per heavy atom. The van der Waals surface area contributed by atoms with Crippen molar-refractivity contribution in [2.75, 3.05) is 18.5 Å². The number of sulfonamides is 1. The summed E-state index contributed by atoms with van der Waals surface area (Å²) in [6.45, 7) is 5.65. The molecule has 2 aromatic rings. The van der Waals surface area contributed by atoms with Gasteiger partial charge in [-0.25, -0.2) is 8.42 Å². The van der Waals surface area contributed by atoms with Crippen LogP contribution in [0.4, 0.5) is 11.4 Å². The van der Waals surface area contributed by atoms with Crippen LogP contribution < -0.4 is 5.43 Å². The molecular weight excluding hydrogens is 412 g/mol. The highest BCUT2D eigenvalue weighted by Crippen LogP contribution is 2.29. The first kappa shape index (κ1) is 21.3. The third-order valence-corrected chi connectivity index (χ3v) is 7.20. The van der Waals surface area contributed by atoms with E-state index in [4.69, 9.17) is 11.6 Å². The molecule has 1 N–H and O–H groups in total. The highest BCUT2D eigenvalue weighted by atomic mass is 35.5. The smallest absolute Gasteiger partial charge is 0.270 e. The molecule has 0 bridgehead atoms. The number of nitro benzene ring substituents is 1. The van der Waals surface area contributed by atoms with Crippen LogP contribution >= 0.6 is 22.9 Å². The molecule has 11 heteroatoms. The number of nitro groups is 1. The van der Waals surface area contributed by atoms with E-state index in [0.29, 0.717) is 10.0 Å². The minimum Gasteiger partial charge on any atom is -0.277 e. The molecule has 0 unspecified atom stereocenters. The number of hydrazone groups is 1. The molecule has 1 aromatic heterocycles. The fraction of sp³-hybridized carbons (Fsp3) is 0.312. The highest BCUT2D eigenvalue weighted by Gasteiger charge is 2.27. The number of non-ortho nitro benzene ring substituents is 1. The molecule has 0 fully saturated rings. The van der Waals surface area contributed by atoms with Crippen LogP contribution in [0.5, 0.6) is 0 Å². The Bertz CT molecular complexity index is 969. The van der Waals surface area contributed by atoms with E-state index >= 15 is 0 Å². The lowest BCUT2D eigenvalue weighted by Crippen LogP contribution is -2.31. The molecule has 0 saturated carbocycles. The first-order valence-electron chi connectivity index (χ1n) is 8.05. The maximum absolute atomic E-state index is 12.9. The number of hydrogen-bond acceptors (Lipinski definition) is 7. The zero-order valence-electron chi connectivity index (χ0n) is 15.0. The fourth-order valence-electron chi connectivity index (χ4n) is 2.34. The molecule has 0 saturated heterocycles. The Hall–Kier alpha value is -2.01. The molecule has 0 aliphatic rings.